The lowest BCUT2D eigenvalue weighted by atomic mass is 10.9. The quantitative estimate of drug-likeness (QED) is 0.340. The van der Waals surface area contributed by atoms with Crippen molar-refractivity contribution < 1.29 is 14.3 Å². The highest BCUT2D eigenvalue weighted by Gasteiger charge is 1.91. The highest BCUT2D eigenvalue weighted by Crippen LogP contribution is 2.22. The molecule has 0 aliphatic carbocycles. The lowest BCUT2D eigenvalue weighted by Gasteiger charge is -1.95. The van der Waals surface area contributed by atoms with E-state index in [-0.39, 0.29) is 5.11 Å². The zero-order valence-electron chi connectivity index (χ0n) is 5.52. The summed E-state index contributed by atoms with van der Waals surface area (Å²) in [5, 5.41) is 0.000000000000000222. The Labute approximate surface area is 66.0 Å². The minimum Gasteiger partial charge on any atom is -0.377 e. The van der Waals surface area contributed by atoms with Crippen molar-refractivity contribution in [2.24, 2.45) is 11.5 Å². The van der Waals surface area contributed by atoms with Gasteiger partial charge in [0.15, 0.2) is 5.11 Å². The fourth-order valence-electron chi connectivity index (χ4n) is 0.115. The largest absolute Gasteiger partial charge is 0.377 e. The second kappa shape index (κ2) is 9.00. The third kappa shape index (κ3) is 43.6. The summed E-state index contributed by atoms with van der Waals surface area (Å²) in [5.74, 6) is 0. The van der Waals surface area contributed by atoms with Crippen LogP contribution in [0.4, 0.5) is 0 Å². The molecule has 5 nitrogen and oxygen atoms in total. The molecular formula is C3H11N2O3PS. The topological polar surface area (TPSA) is 102 Å². The summed E-state index contributed by atoms with van der Waals surface area (Å²) in [6.07, 6.45) is 0. The molecule has 0 fully saturated rings. The second-order valence-corrected chi connectivity index (χ2v) is 2.31. The molecule has 0 saturated carbocycles. The van der Waals surface area contributed by atoms with E-state index in [1.807, 2.05) is 0 Å². The summed E-state index contributed by atoms with van der Waals surface area (Å²) in [5.41, 5.74) is 9.24. The summed E-state index contributed by atoms with van der Waals surface area (Å²) < 4.78 is 4.22. The molecule has 0 bridgehead atoms. The Morgan fingerprint density at radius 2 is 1.90 bits per heavy atom. The Kier molecular flexibility index (Phi) is 11.4. The van der Waals surface area contributed by atoms with Gasteiger partial charge in [-0.15, -0.1) is 0 Å². The Balaban J connectivity index is 0. The molecule has 0 rings (SSSR count). The van der Waals surface area contributed by atoms with Gasteiger partial charge in [-0.3, -0.25) is 0 Å². The predicted octanol–water partition coefficient (Wildman–Crippen LogP) is -0.577. The minimum absolute atomic E-state index is 0.000000000000000222. The van der Waals surface area contributed by atoms with Crippen LogP contribution in [0.2, 0.25) is 0 Å². The van der Waals surface area contributed by atoms with Gasteiger partial charge < -0.3 is 25.8 Å². The number of rotatable bonds is 2. The summed E-state index contributed by atoms with van der Waals surface area (Å²) in [6, 6.07) is 0. The Hall–Kier alpha value is 0.0000000000000000278. The van der Waals surface area contributed by atoms with Crippen LogP contribution in [0.15, 0.2) is 0 Å². The number of hydrogen-bond acceptors (Lipinski definition) is 4. The Bertz CT molecular complexity index is 87.8. The van der Waals surface area contributed by atoms with Gasteiger partial charge in [-0.1, -0.05) is 0 Å². The van der Waals surface area contributed by atoms with Crippen LogP contribution in [-0.4, -0.2) is 21.5 Å². The van der Waals surface area contributed by atoms with Crippen molar-refractivity contribution in [2.45, 2.75) is 6.92 Å². The molecule has 6 N–H and O–H groups in total. The van der Waals surface area contributed by atoms with Gasteiger partial charge in [0.25, 0.3) is 0 Å². The maximum Gasteiger partial charge on any atom is 0.327 e. The molecule has 0 amide bonds. The molecule has 0 unspecified atom stereocenters. The average Bonchev–Trinajstić information content (AvgIpc) is 1.62. The second-order valence-electron chi connectivity index (χ2n) is 1.07. The van der Waals surface area contributed by atoms with Gasteiger partial charge in [-0.25, -0.2) is 0 Å². The van der Waals surface area contributed by atoms with Crippen LogP contribution >= 0.6 is 20.8 Å². The first-order chi connectivity index (χ1) is 4.50. The van der Waals surface area contributed by atoms with Crippen LogP contribution in [0, 0.1) is 0 Å². The Morgan fingerprint density at radius 1 is 1.60 bits per heavy atom. The minimum atomic E-state index is -2.10. The normalized spacial score (nSPS) is 8.40. The van der Waals surface area contributed by atoms with Gasteiger partial charge in [0.05, 0.1) is 6.61 Å². The first kappa shape index (κ1) is 12.7. The monoisotopic (exact) mass is 186 g/mol. The van der Waals surface area contributed by atoms with Crippen molar-refractivity contribution in [1.82, 2.24) is 0 Å². The number of nitrogens with two attached hydrogens (primary N) is 2. The van der Waals surface area contributed by atoms with Crippen molar-refractivity contribution in [1.29, 1.82) is 0 Å². The van der Waals surface area contributed by atoms with E-state index < -0.39 is 8.60 Å². The third-order valence-corrected chi connectivity index (χ3v) is 0.734. The van der Waals surface area contributed by atoms with Crippen LogP contribution in [0.5, 0.6) is 0 Å². The Morgan fingerprint density at radius 3 is 1.90 bits per heavy atom. The molecule has 0 heterocycles. The molecule has 0 radical (unpaired) electrons. The smallest absolute Gasteiger partial charge is 0.327 e. The van der Waals surface area contributed by atoms with E-state index in [1.54, 1.807) is 6.92 Å². The van der Waals surface area contributed by atoms with Crippen LogP contribution < -0.4 is 11.5 Å². The van der Waals surface area contributed by atoms with Gasteiger partial charge in [-0.05, 0) is 19.1 Å². The maximum atomic E-state index is 7.95. The van der Waals surface area contributed by atoms with Crippen molar-refractivity contribution in [2.75, 3.05) is 6.61 Å². The first-order valence-corrected chi connectivity index (χ1v) is 3.93. The van der Waals surface area contributed by atoms with Gasteiger partial charge >= 0.3 is 8.60 Å². The van der Waals surface area contributed by atoms with Gasteiger partial charge in [0.1, 0.15) is 0 Å². The fraction of sp³-hybridized carbons (Fsp3) is 0.667. The van der Waals surface area contributed by atoms with E-state index in [1.165, 1.54) is 0 Å². The predicted molar refractivity (Wildman–Crippen MR) is 44.0 cm³/mol. The van der Waals surface area contributed by atoms with Crippen molar-refractivity contribution >= 4 is 25.9 Å². The molecule has 10 heavy (non-hydrogen) atoms. The molecule has 0 aromatic rings. The molecule has 62 valence electrons. The van der Waals surface area contributed by atoms with Gasteiger partial charge in [-0.2, -0.15) is 0 Å². The van der Waals surface area contributed by atoms with Crippen LogP contribution in [0.25, 0.3) is 0 Å². The van der Waals surface area contributed by atoms with E-state index >= 15 is 0 Å². The zero-order chi connectivity index (χ0) is 8.57. The molecule has 0 spiro atoms. The molecule has 0 aromatic carbocycles. The zero-order valence-corrected chi connectivity index (χ0v) is 7.23. The highest BCUT2D eigenvalue weighted by molar-refractivity contribution is 7.80. The highest BCUT2D eigenvalue weighted by atomic mass is 32.1. The summed E-state index contributed by atoms with van der Waals surface area (Å²) in [6.45, 7) is 2.06. The molecule has 7 heteroatoms. The lowest BCUT2D eigenvalue weighted by molar-refractivity contribution is 0.269. The standard InChI is InChI=1S/C2H7O3P.CH4N2S/c1-2-5-6(3)4;2-1(3)4/h3-4H,2H2,1H3;(H4,2,3,4). The van der Waals surface area contributed by atoms with Gasteiger partial charge in [0, 0.05) is 0 Å². The van der Waals surface area contributed by atoms with E-state index in [0.29, 0.717) is 6.61 Å². The molecule has 0 aliphatic rings. The number of thiocarbonyl (C=S) groups is 1. The van der Waals surface area contributed by atoms with Crippen LogP contribution in [-0.2, 0) is 4.52 Å². The molecule has 0 aromatic heterocycles. The average molecular weight is 186 g/mol. The van der Waals surface area contributed by atoms with Crippen LogP contribution in [0.3, 0.4) is 0 Å². The van der Waals surface area contributed by atoms with E-state index in [4.69, 9.17) is 9.79 Å². The molecule has 0 aliphatic heterocycles. The van der Waals surface area contributed by atoms with Crippen molar-refractivity contribution in [3.63, 3.8) is 0 Å². The van der Waals surface area contributed by atoms with E-state index in [9.17, 15) is 0 Å². The summed E-state index contributed by atoms with van der Waals surface area (Å²) >= 11 is 4.09. The molecule has 0 atom stereocenters. The van der Waals surface area contributed by atoms with Crippen molar-refractivity contribution in [3.8, 4) is 0 Å². The molecule has 0 saturated heterocycles. The molecular weight excluding hydrogens is 175 g/mol. The summed E-state index contributed by atoms with van der Waals surface area (Å²) in [4.78, 5) is 15.9. The van der Waals surface area contributed by atoms with E-state index in [0.717, 1.165) is 0 Å². The van der Waals surface area contributed by atoms with Gasteiger partial charge in [0.2, 0.25) is 0 Å². The first-order valence-electron chi connectivity index (χ1n) is 2.36. The third-order valence-electron chi connectivity index (χ3n) is 0.245. The maximum absolute atomic E-state index is 7.95. The summed E-state index contributed by atoms with van der Waals surface area (Å²) in [7, 11) is -2.10. The number of hydrogen-bond donors (Lipinski definition) is 4. The van der Waals surface area contributed by atoms with Crippen LogP contribution in [0.1, 0.15) is 6.92 Å². The fourth-order valence-corrected chi connectivity index (χ4v) is 0.346. The lowest BCUT2D eigenvalue weighted by Crippen LogP contribution is -2.18. The SMILES string of the molecule is CCOP(O)O.NC(N)=S. The van der Waals surface area contributed by atoms with E-state index in [2.05, 4.69) is 28.2 Å². The van der Waals surface area contributed by atoms with Crippen molar-refractivity contribution in [3.05, 3.63) is 0 Å².